The van der Waals surface area contributed by atoms with E-state index in [1.807, 2.05) is 35.0 Å². The number of benzene rings is 1. The second-order valence-electron chi connectivity index (χ2n) is 3.05. The Morgan fingerprint density at radius 2 is 2.07 bits per heavy atom. The molecular formula is C11H11BrN2O. The molecule has 15 heavy (non-hydrogen) atoms. The summed E-state index contributed by atoms with van der Waals surface area (Å²) < 4.78 is 8.61. The summed E-state index contributed by atoms with van der Waals surface area (Å²) in [6.45, 7) is 2.90. The molecule has 0 spiro atoms. The van der Waals surface area contributed by atoms with E-state index in [4.69, 9.17) is 4.74 Å². The lowest BCUT2D eigenvalue weighted by Gasteiger charge is -2.06. The predicted octanol–water partition coefficient (Wildman–Crippen LogP) is 3.46. The highest BCUT2D eigenvalue weighted by Crippen LogP contribution is 2.21. The first kappa shape index (κ1) is 10.2. The molecule has 0 aliphatic carbocycles. The van der Waals surface area contributed by atoms with E-state index in [0.717, 1.165) is 16.8 Å². The molecule has 1 aromatic carbocycles. The summed E-state index contributed by atoms with van der Waals surface area (Å²) in [5, 5.41) is 0. The smallest absolute Gasteiger partial charge is 0.301 e. The lowest BCUT2D eigenvalue weighted by molar-refractivity contribution is 0.415. The van der Waals surface area contributed by atoms with E-state index >= 15 is 0 Å². The average Bonchev–Trinajstić information content (AvgIpc) is 2.69. The molecule has 1 heterocycles. The van der Waals surface area contributed by atoms with Crippen molar-refractivity contribution in [2.24, 2.45) is 0 Å². The summed E-state index contributed by atoms with van der Waals surface area (Å²) >= 11 is 3.38. The second kappa shape index (κ2) is 4.49. The largest absolute Gasteiger partial charge is 0.426 e. The molecule has 0 saturated carbocycles. The number of hydrogen-bond donors (Lipinski definition) is 0. The van der Waals surface area contributed by atoms with Crippen molar-refractivity contribution < 1.29 is 4.74 Å². The highest BCUT2D eigenvalue weighted by molar-refractivity contribution is 9.10. The minimum Gasteiger partial charge on any atom is -0.426 e. The lowest BCUT2D eigenvalue weighted by Crippen LogP contribution is -1.96. The second-order valence-corrected chi connectivity index (χ2v) is 3.97. The first-order valence-corrected chi connectivity index (χ1v) is 5.53. The van der Waals surface area contributed by atoms with Crippen molar-refractivity contribution in [1.29, 1.82) is 0 Å². The van der Waals surface area contributed by atoms with E-state index in [1.165, 1.54) is 0 Å². The number of imidazole rings is 1. The van der Waals surface area contributed by atoms with Crippen LogP contribution in [-0.4, -0.2) is 9.55 Å². The van der Waals surface area contributed by atoms with Gasteiger partial charge in [-0.3, -0.25) is 0 Å². The predicted molar refractivity (Wildman–Crippen MR) is 62.1 cm³/mol. The minimum atomic E-state index is 0.625. The lowest BCUT2D eigenvalue weighted by atomic mass is 10.3. The zero-order chi connectivity index (χ0) is 10.7. The van der Waals surface area contributed by atoms with E-state index in [2.05, 4.69) is 27.8 Å². The molecule has 0 N–H and O–H groups in total. The fourth-order valence-corrected chi connectivity index (χ4v) is 1.51. The Bertz CT molecular complexity index is 436. The van der Waals surface area contributed by atoms with Crippen molar-refractivity contribution in [3.8, 4) is 11.8 Å². The van der Waals surface area contributed by atoms with Crippen LogP contribution >= 0.6 is 15.9 Å². The molecule has 0 atom stereocenters. The normalized spacial score (nSPS) is 10.3. The maximum atomic E-state index is 5.63. The summed E-state index contributed by atoms with van der Waals surface area (Å²) in [5.41, 5.74) is 0. The van der Waals surface area contributed by atoms with Gasteiger partial charge in [-0.15, -0.1) is 0 Å². The van der Waals surface area contributed by atoms with Crippen LogP contribution in [0.3, 0.4) is 0 Å². The van der Waals surface area contributed by atoms with Crippen molar-refractivity contribution in [3.05, 3.63) is 41.1 Å². The SMILES string of the molecule is CCn1ccnc1Oc1ccc(Br)cc1. The number of aromatic nitrogens is 2. The van der Waals surface area contributed by atoms with Gasteiger partial charge >= 0.3 is 6.01 Å². The first-order valence-electron chi connectivity index (χ1n) is 4.74. The molecule has 0 saturated heterocycles. The fourth-order valence-electron chi connectivity index (χ4n) is 1.25. The Morgan fingerprint density at radius 3 is 2.73 bits per heavy atom. The monoisotopic (exact) mass is 266 g/mol. The van der Waals surface area contributed by atoms with E-state index in [-0.39, 0.29) is 0 Å². The van der Waals surface area contributed by atoms with E-state index in [9.17, 15) is 0 Å². The van der Waals surface area contributed by atoms with E-state index in [0.29, 0.717) is 6.01 Å². The quantitative estimate of drug-likeness (QED) is 0.851. The van der Waals surface area contributed by atoms with Crippen LogP contribution in [0.4, 0.5) is 0 Å². The summed E-state index contributed by atoms with van der Waals surface area (Å²) in [6, 6.07) is 8.31. The highest BCUT2D eigenvalue weighted by Gasteiger charge is 2.03. The van der Waals surface area contributed by atoms with Gasteiger partial charge in [-0.2, -0.15) is 0 Å². The third-order valence-electron chi connectivity index (χ3n) is 2.04. The van der Waals surface area contributed by atoms with Gasteiger partial charge < -0.3 is 9.30 Å². The number of ether oxygens (including phenoxy) is 1. The third kappa shape index (κ3) is 2.39. The molecule has 1 aromatic heterocycles. The molecule has 0 unspecified atom stereocenters. The molecule has 0 fully saturated rings. The average molecular weight is 267 g/mol. The van der Waals surface area contributed by atoms with Gasteiger partial charge in [-0.05, 0) is 31.2 Å². The van der Waals surface area contributed by atoms with Gasteiger partial charge in [0.2, 0.25) is 0 Å². The zero-order valence-corrected chi connectivity index (χ0v) is 9.94. The maximum absolute atomic E-state index is 5.63. The van der Waals surface area contributed by atoms with Gasteiger partial charge in [0.05, 0.1) is 0 Å². The standard InChI is InChI=1S/C11H11BrN2O/c1-2-14-8-7-13-11(14)15-10-5-3-9(12)4-6-10/h3-8H,2H2,1H3. The number of aryl methyl sites for hydroxylation is 1. The summed E-state index contributed by atoms with van der Waals surface area (Å²) in [6.07, 6.45) is 3.63. The van der Waals surface area contributed by atoms with E-state index < -0.39 is 0 Å². The van der Waals surface area contributed by atoms with Crippen molar-refractivity contribution in [2.45, 2.75) is 13.5 Å². The summed E-state index contributed by atoms with van der Waals surface area (Å²) in [7, 11) is 0. The maximum Gasteiger partial charge on any atom is 0.301 e. The van der Waals surface area contributed by atoms with Crippen molar-refractivity contribution in [1.82, 2.24) is 9.55 Å². The molecule has 4 heteroatoms. The van der Waals surface area contributed by atoms with Crippen molar-refractivity contribution >= 4 is 15.9 Å². The van der Waals surface area contributed by atoms with Gasteiger partial charge in [0, 0.05) is 23.4 Å². The number of rotatable bonds is 3. The molecule has 0 bridgehead atoms. The number of hydrogen-bond acceptors (Lipinski definition) is 2. The summed E-state index contributed by atoms with van der Waals surface area (Å²) in [4.78, 5) is 4.13. The van der Waals surface area contributed by atoms with Gasteiger partial charge in [0.15, 0.2) is 0 Å². The molecule has 2 aromatic rings. The number of halogens is 1. The van der Waals surface area contributed by atoms with Crippen LogP contribution in [0.5, 0.6) is 11.8 Å². The van der Waals surface area contributed by atoms with Crippen molar-refractivity contribution in [2.75, 3.05) is 0 Å². The minimum absolute atomic E-state index is 0.625. The molecule has 0 amide bonds. The van der Waals surface area contributed by atoms with E-state index in [1.54, 1.807) is 6.20 Å². The molecule has 0 radical (unpaired) electrons. The topological polar surface area (TPSA) is 27.1 Å². The van der Waals surface area contributed by atoms with Crippen LogP contribution in [0.2, 0.25) is 0 Å². The molecular weight excluding hydrogens is 256 g/mol. The van der Waals surface area contributed by atoms with Crippen LogP contribution in [0.15, 0.2) is 41.1 Å². The van der Waals surface area contributed by atoms with Gasteiger partial charge in [0.1, 0.15) is 5.75 Å². The molecule has 0 aliphatic heterocycles. The van der Waals surface area contributed by atoms with Gasteiger partial charge in [-0.1, -0.05) is 15.9 Å². The number of nitrogens with zero attached hydrogens (tertiary/aromatic N) is 2. The van der Waals surface area contributed by atoms with Crippen LogP contribution < -0.4 is 4.74 Å². The van der Waals surface area contributed by atoms with Crippen LogP contribution in [0.1, 0.15) is 6.92 Å². The first-order chi connectivity index (χ1) is 7.29. The Hall–Kier alpha value is -1.29. The Kier molecular flexibility index (Phi) is 3.06. The fraction of sp³-hybridized carbons (Fsp3) is 0.182. The van der Waals surface area contributed by atoms with Crippen LogP contribution in [-0.2, 0) is 6.54 Å². The molecule has 2 rings (SSSR count). The van der Waals surface area contributed by atoms with Gasteiger partial charge in [0.25, 0.3) is 0 Å². The Morgan fingerprint density at radius 1 is 1.33 bits per heavy atom. The molecule has 78 valence electrons. The molecule has 0 aliphatic rings. The third-order valence-corrected chi connectivity index (χ3v) is 2.57. The Labute approximate surface area is 96.8 Å². The molecule has 3 nitrogen and oxygen atoms in total. The van der Waals surface area contributed by atoms with Crippen LogP contribution in [0.25, 0.3) is 0 Å². The highest BCUT2D eigenvalue weighted by atomic mass is 79.9. The summed E-state index contributed by atoms with van der Waals surface area (Å²) in [5.74, 6) is 0.791. The van der Waals surface area contributed by atoms with Crippen LogP contribution in [0, 0.1) is 0 Å². The Balaban J connectivity index is 2.18. The van der Waals surface area contributed by atoms with Crippen molar-refractivity contribution in [3.63, 3.8) is 0 Å². The van der Waals surface area contributed by atoms with Gasteiger partial charge in [-0.25, -0.2) is 4.98 Å². The zero-order valence-electron chi connectivity index (χ0n) is 8.35.